The van der Waals surface area contributed by atoms with Gasteiger partial charge >= 0.3 is 5.97 Å². The van der Waals surface area contributed by atoms with E-state index in [4.69, 9.17) is 4.74 Å². The zero-order chi connectivity index (χ0) is 19.2. The SMILES string of the molecule is C=CCNS(=O)(=O)c1ccc(C(=O)OCC(=O)N2CCC[C@@H](C)C2)cc1. The van der Waals surface area contributed by atoms with E-state index < -0.39 is 16.0 Å². The Hall–Kier alpha value is -2.19. The first-order valence-electron chi connectivity index (χ1n) is 8.49. The van der Waals surface area contributed by atoms with Crippen LogP contribution in [0.1, 0.15) is 30.1 Å². The van der Waals surface area contributed by atoms with Crippen LogP contribution in [-0.4, -0.2) is 51.4 Å². The van der Waals surface area contributed by atoms with Gasteiger partial charge in [0, 0.05) is 19.6 Å². The van der Waals surface area contributed by atoms with Gasteiger partial charge in [0.1, 0.15) is 0 Å². The zero-order valence-electron chi connectivity index (χ0n) is 14.8. The molecule has 0 unspecified atom stereocenters. The Labute approximate surface area is 154 Å². The van der Waals surface area contributed by atoms with Crippen molar-refractivity contribution in [2.45, 2.75) is 24.7 Å². The molecule has 0 bridgehead atoms. The highest BCUT2D eigenvalue weighted by atomic mass is 32.2. The number of nitrogens with one attached hydrogen (secondary N) is 1. The number of amides is 1. The van der Waals surface area contributed by atoms with E-state index in [1.165, 1.54) is 30.3 Å². The fraction of sp³-hybridized carbons (Fsp3) is 0.444. The van der Waals surface area contributed by atoms with Crippen LogP contribution in [0.4, 0.5) is 0 Å². The summed E-state index contributed by atoms with van der Waals surface area (Å²) in [6.07, 6.45) is 3.49. The minimum atomic E-state index is -3.64. The lowest BCUT2D eigenvalue weighted by molar-refractivity contribution is -0.136. The van der Waals surface area contributed by atoms with Crippen molar-refractivity contribution in [2.24, 2.45) is 5.92 Å². The van der Waals surface area contributed by atoms with Gasteiger partial charge in [-0.3, -0.25) is 4.79 Å². The fourth-order valence-corrected chi connectivity index (χ4v) is 3.74. The molecule has 1 heterocycles. The number of likely N-dealkylation sites (tertiary alicyclic amines) is 1. The van der Waals surface area contributed by atoms with Gasteiger partial charge in [0.05, 0.1) is 10.5 Å². The van der Waals surface area contributed by atoms with Crippen molar-refractivity contribution in [1.82, 2.24) is 9.62 Å². The molecular weight excluding hydrogens is 356 g/mol. The van der Waals surface area contributed by atoms with Crippen LogP contribution in [0.15, 0.2) is 41.8 Å². The maximum absolute atomic E-state index is 12.1. The van der Waals surface area contributed by atoms with Gasteiger partial charge in [0.2, 0.25) is 10.0 Å². The van der Waals surface area contributed by atoms with Gasteiger partial charge < -0.3 is 9.64 Å². The molecule has 0 spiro atoms. The predicted molar refractivity (Wildman–Crippen MR) is 97.1 cm³/mol. The van der Waals surface area contributed by atoms with Crippen LogP contribution < -0.4 is 4.72 Å². The monoisotopic (exact) mass is 380 g/mol. The van der Waals surface area contributed by atoms with E-state index in [0.717, 1.165) is 12.8 Å². The highest BCUT2D eigenvalue weighted by Crippen LogP contribution is 2.16. The summed E-state index contributed by atoms with van der Waals surface area (Å²) in [5.41, 5.74) is 0.187. The Balaban J connectivity index is 1.91. The molecule has 0 aromatic heterocycles. The van der Waals surface area contributed by atoms with Gasteiger partial charge in [0.15, 0.2) is 6.61 Å². The van der Waals surface area contributed by atoms with Crippen molar-refractivity contribution >= 4 is 21.9 Å². The van der Waals surface area contributed by atoms with E-state index in [-0.39, 0.29) is 29.5 Å². The van der Waals surface area contributed by atoms with Crippen LogP contribution >= 0.6 is 0 Å². The van der Waals surface area contributed by atoms with Crippen LogP contribution in [0.2, 0.25) is 0 Å². The second-order valence-electron chi connectivity index (χ2n) is 6.33. The average molecular weight is 380 g/mol. The standard InChI is InChI=1S/C18H24N2O5S/c1-3-10-19-26(23,24)16-8-6-15(7-9-16)18(22)25-13-17(21)20-11-4-5-14(2)12-20/h3,6-9,14,19H,1,4-5,10-13H2,2H3/t14-/m1/s1. The summed E-state index contributed by atoms with van der Waals surface area (Å²) in [6.45, 7) is 6.70. The molecule has 1 N–H and O–H groups in total. The van der Waals surface area contributed by atoms with Crippen molar-refractivity contribution < 1.29 is 22.7 Å². The number of hydrogen-bond donors (Lipinski definition) is 1. The number of esters is 1. The molecule has 8 heteroatoms. The molecule has 1 atom stereocenters. The molecule has 142 valence electrons. The van der Waals surface area contributed by atoms with Crippen molar-refractivity contribution in [3.8, 4) is 0 Å². The van der Waals surface area contributed by atoms with Gasteiger partial charge in [-0.25, -0.2) is 17.9 Å². The third-order valence-electron chi connectivity index (χ3n) is 4.15. The normalized spacial score (nSPS) is 17.6. The van der Waals surface area contributed by atoms with E-state index in [1.807, 2.05) is 0 Å². The van der Waals surface area contributed by atoms with Gasteiger partial charge in [-0.15, -0.1) is 6.58 Å². The maximum Gasteiger partial charge on any atom is 0.338 e. The van der Waals surface area contributed by atoms with Crippen LogP contribution in [0.5, 0.6) is 0 Å². The zero-order valence-corrected chi connectivity index (χ0v) is 15.6. The number of rotatable bonds is 7. The summed E-state index contributed by atoms with van der Waals surface area (Å²) < 4.78 is 31.3. The fourth-order valence-electron chi connectivity index (χ4n) is 2.74. The molecule has 1 fully saturated rings. The smallest absolute Gasteiger partial charge is 0.338 e. The molecular formula is C18H24N2O5S. The summed E-state index contributed by atoms with van der Waals surface area (Å²) >= 11 is 0. The quantitative estimate of drug-likeness (QED) is 0.572. The van der Waals surface area contributed by atoms with E-state index >= 15 is 0 Å². The van der Waals surface area contributed by atoms with Crippen LogP contribution in [0.25, 0.3) is 0 Å². The number of ether oxygens (including phenoxy) is 1. The van der Waals surface area contributed by atoms with Crippen molar-refractivity contribution in [3.05, 3.63) is 42.5 Å². The first-order chi connectivity index (χ1) is 12.3. The molecule has 0 radical (unpaired) electrons. The molecule has 1 aromatic carbocycles. The summed E-state index contributed by atoms with van der Waals surface area (Å²) in [5, 5.41) is 0. The number of benzene rings is 1. The van der Waals surface area contributed by atoms with Gasteiger partial charge in [-0.1, -0.05) is 13.0 Å². The summed E-state index contributed by atoms with van der Waals surface area (Å²) in [6, 6.07) is 5.35. The summed E-state index contributed by atoms with van der Waals surface area (Å²) in [5.74, 6) is -0.420. The van der Waals surface area contributed by atoms with Crippen molar-refractivity contribution in [3.63, 3.8) is 0 Å². The third kappa shape index (κ3) is 5.40. The van der Waals surface area contributed by atoms with Crippen LogP contribution in [0, 0.1) is 5.92 Å². The van der Waals surface area contributed by atoms with E-state index in [1.54, 1.807) is 4.90 Å². The minimum absolute atomic E-state index is 0.0364. The number of piperidine rings is 1. The Morgan fingerprint density at radius 3 is 2.65 bits per heavy atom. The first-order valence-corrected chi connectivity index (χ1v) is 9.97. The highest BCUT2D eigenvalue weighted by Gasteiger charge is 2.22. The molecule has 7 nitrogen and oxygen atoms in total. The summed E-state index contributed by atoms with van der Waals surface area (Å²) in [4.78, 5) is 25.9. The van der Waals surface area contributed by atoms with Gasteiger partial charge in [-0.05, 0) is 43.0 Å². The van der Waals surface area contributed by atoms with Crippen molar-refractivity contribution in [2.75, 3.05) is 26.2 Å². The lowest BCUT2D eigenvalue weighted by atomic mass is 10.0. The predicted octanol–water partition coefficient (Wildman–Crippen LogP) is 1.57. The van der Waals surface area contributed by atoms with Gasteiger partial charge in [0.25, 0.3) is 5.91 Å². The molecule has 0 saturated carbocycles. The average Bonchev–Trinajstić information content (AvgIpc) is 2.64. The van der Waals surface area contributed by atoms with E-state index in [9.17, 15) is 18.0 Å². The second kappa shape index (κ2) is 8.95. The molecule has 1 aliphatic heterocycles. The van der Waals surface area contributed by atoms with E-state index in [0.29, 0.717) is 19.0 Å². The first kappa shape index (κ1) is 20.1. The largest absolute Gasteiger partial charge is 0.452 e. The highest BCUT2D eigenvalue weighted by molar-refractivity contribution is 7.89. The number of nitrogens with zero attached hydrogens (tertiary/aromatic N) is 1. The molecule has 1 aliphatic rings. The summed E-state index contributed by atoms with van der Waals surface area (Å²) in [7, 11) is -3.64. The lowest BCUT2D eigenvalue weighted by Gasteiger charge is -2.30. The maximum atomic E-state index is 12.1. The third-order valence-corrected chi connectivity index (χ3v) is 5.59. The number of carbonyl (C=O) groups excluding carboxylic acids is 2. The van der Waals surface area contributed by atoms with Gasteiger partial charge in [-0.2, -0.15) is 0 Å². The number of hydrogen-bond acceptors (Lipinski definition) is 5. The molecule has 2 rings (SSSR count). The molecule has 1 saturated heterocycles. The molecule has 26 heavy (non-hydrogen) atoms. The number of carbonyl (C=O) groups is 2. The molecule has 0 aliphatic carbocycles. The Morgan fingerprint density at radius 1 is 1.35 bits per heavy atom. The van der Waals surface area contributed by atoms with E-state index in [2.05, 4.69) is 18.2 Å². The topological polar surface area (TPSA) is 92.8 Å². The van der Waals surface area contributed by atoms with Crippen LogP contribution in [-0.2, 0) is 19.6 Å². The lowest BCUT2D eigenvalue weighted by Crippen LogP contribution is -2.41. The second-order valence-corrected chi connectivity index (χ2v) is 8.10. The Morgan fingerprint density at radius 2 is 2.04 bits per heavy atom. The number of sulfonamides is 1. The van der Waals surface area contributed by atoms with Crippen molar-refractivity contribution in [1.29, 1.82) is 0 Å². The Bertz CT molecular complexity index is 758. The minimum Gasteiger partial charge on any atom is -0.452 e. The molecule has 1 amide bonds. The van der Waals surface area contributed by atoms with Crippen LogP contribution in [0.3, 0.4) is 0 Å². The Kier molecular flexibility index (Phi) is 6.93. The molecule has 1 aromatic rings.